The first-order valence-electron chi connectivity index (χ1n) is 9.77. The fourth-order valence-electron chi connectivity index (χ4n) is 3.37. The second-order valence-corrected chi connectivity index (χ2v) is 7.02. The molecule has 1 aliphatic heterocycles. The molecule has 32 heavy (non-hydrogen) atoms. The third-order valence-corrected chi connectivity index (χ3v) is 4.97. The van der Waals surface area contributed by atoms with Crippen molar-refractivity contribution in [2.45, 2.75) is 0 Å². The predicted octanol–water partition coefficient (Wildman–Crippen LogP) is 3.18. The maximum absolute atomic E-state index is 12.5. The summed E-state index contributed by atoms with van der Waals surface area (Å²) < 4.78 is 5.22. The molecule has 0 aliphatic carbocycles. The van der Waals surface area contributed by atoms with E-state index < -0.39 is 24.3 Å². The SMILES string of the molecule is COc1ccccc1NC(=O)c1ccc(NC(=O)CN2C(=O)c3ccccc3C2=O)cc1. The summed E-state index contributed by atoms with van der Waals surface area (Å²) in [6, 6.07) is 19.7. The Kier molecular flexibility index (Phi) is 5.67. The molecule has 1 aliphatic rings. The molecule has 8 heteroatoms. The van der Waals surface area contributed by atoms with Crippen molar-refractivity contribution >= 4 is 35.0 Å². The van der Waals surface area contributed by atoms with Gasteiger partial charge in [0.05, 0.1) is 23.9 Å². The van der Waals surface area contributed by atoms with E-state index in [-0.39, 0.29) is 17.0 Å². The van der Waals surface area contributed by atoms with Gasteiger partial charge in [0.15, 0.2) is 0 Å². The molecule has 0 spiro atoms. The number of anilines is 2. The number of benzene rings is 3. The molecule has 160 valence electrons. The second kappa shape index (κ2) is 8.73. The van der Waals surface area contributed by atoms with Gasteiger partial charge in [0.1, 0.15) is 12.3 Å². The molecule has 3 aromatic rings. The number of methoxy groups -OCH3 is 1. The van der Waals surface area contributed by atoms with Gasteiger partial charge in [0.2, 0.25) is 5.91 Å². The molecule has 0 fully saturated rings. The Bertz CT molecular complexity index is 1190. The summed E-state index contributed by atoms with van der Waals surface area (Å²) in [4.78, 5) is 50.6. The van der Waals surface area contributed by atoms with E-state index in [0.717, 1.165) is 4.90 Å². The van der Waals surface area contributed by atoms with Gasteiger partial charge in [-0.15, -0.1) is 0 Å². The van der Waals surface area contributed by atoms with E-state index in [4.69, 9.17) is 4.74 Å². The Morgan fingerprint density at radius 1 is 0.812 bits per heavy atom. The molecular weight excluding hydrogens is 410 g/mol. The van der Waals surface area contributed by atoms with Crippen molar-refractivity contribution in [1.29, 1.82) is 0 Å². The van der Waals surface area contributed by atoms with Crippen LogP contribution in [0.3, 0.4) is 0 Å². The average Bonchev–Trinajstić information content (AvgIpc) is 3.05. The van der Waals surface area contributed by atoms with Crippen molar-refractivity contribution in [2.24, 2.45) is 0 Å². The van der Waals surface area contributed by atoms with Crippen LogP contribution in [0.4, 0.5) is 11.4 Å². The van der Waals surface area contributed by atoms with Crippen molar-refractivity contribution in [3.05, 3.63) is 89.5 Å². The number of nitrogens with one attached hydrogen (secondary N) is 2. The Balaban J connectivity index is 1.38. The van der Waals surface area contributed by atoms with Crippen LogP contribution in [0.2, 0.25) is 0 Å². The van der Waals surface area contributed by atoms with Crippen LogP contribution in [0.15, 0.2) is 72.8 Å². The van der Waals surface area contributed by atoms with Crippen molar-refractivity contribution in [1.82, 2.24) is 4.90 Å². The number of hydrogen-bond acceptors (Lipinski definition) is 5. The molecule has 0 aromatic heterocycles. The summed E-state index contributed by atoms with van der Waals surface area (Å²) in [7, 11) is 1.52. The van der Waals surface area contributed by atoms with Gasteiger partial charge in [0.25, 0.3) is 17.7 Å². The number of imide groups is 1. The minimum atomic E-state index is -0.522. The molecule has 4 amide bonds. The topological polar surface area (TPSA) is 105 Å². The summed E-state index contributed by atoms with van der Waals surface area (Å²) in [6.07, 6.45) is 0. The highest BCUT2D eigenvalue weighted by Gasteiger charge is 2.36. The highest BCUT2D eigenvalue weighted by atomic mass is 16.5. The zero-order valence-corrected chi connectivity index (χ0v) is 17.1. The molecule has 8 nitrogen and oxygen atoms in total. The van der Waals surface area contributed by atoms with Crippen LogP contribution in [0.1, 0.15) is 31.1 Å². The van der Waals surface area contributed by atoms with E-state index in [0.29, 0.717) is 22.7 Å². The highest BCUT2D eigenvalue weighted by Crippen LogP contribution is 2.24. The average molecular weight is 429 g/mol. The van der Waals surface area contributed by atoms with E-state index in [1.165, 1.54) is 7.11 Å². The minimum absolute atomic E-state index is 0.288. The Hall–Kier alpha value is -4.46. The number of rotatable bonds is 6. The lowest BCUT2D eigenvalue weighted by molar-refractivity contribution is -0.116. The zero-order chi connectivity index (χ0) is 22.7. The third-order valence-electron chi connectivity index (χ3n) is 4.97. The number of ether oxygens (including phenoxy) is 1. The van der Waals surface area contributed by atoms with Crippen molar-refractivity contribution in [3.8, 4) is 5.75 Å². The van der Waals surface area contributed by atoms with E-state index >= 15 is 0 Å². The number of nitrogens with zero attached hydrogens (tertiary/aromatic N) is 1. The van der Waals surface area contributed by atoms with Crippen molar-refractivity contribution in [2.75, 3.05) is 24.3 Å². The number of carbonyl (C=O) groups is 4. The Morgan fingerprint density at radius 3 is 2.03 bits per heavy atom. The molecule has 0 saturated heterocycles. The summed E-state index contributed by atoms with van der Waals surface area (Å²) in [5.41, 5.74) is 1.93. The van der Waals surface area contributed by atoms with Gasteiger partial charge in [-0.1, -0.05) is 24.3 Å². The lowest BCUT2D eigenvalue weighted by atomic mass is 10.1. The highest BCUT2D eigenvalue weighted by molar-refractivity contribution is 6.22. The molecule has 0 saturated carbocycles. The van der Waals surface area contributed by atoms with Gasteiger partial charge in [-0.3, -0.25) is 24.1 Å². The van der Waals surface area contributed by atoms with Gasteiger partial charge in [-0.05, 0) is 48.5 Å². The molecule has 3 aromatic carbocycles. The monoisotopic (exact) mass is 429 g/mol. The van der Waals surface area contributed by atoms with Gasteiger partial charge < -0.3 is 15.4 Å². The Labute approximate surface area is 183 Å². The largest absolute Gasteiger partial charge is 0.495 e. The first-order valence-corrected chi connectivity index (χ1v) is 9.77. The molecule has 0 radical (unpaired) electrons. The Morgan fingerprint density at radius 2 is 1.41 bits per heavy atom. The lowest BCUT2D eigenvalue weighted by Crippen LogP contribution is -2.37. The summed E-state index contributed by atoms with van der Waals surface area (Å²) in [5, 5.41) is 5.41. The van der Waals surface area contributed by atoms with Gasteiger partial charge in [-0.2, -0.15) is 0 Å². The third kappa shape index (κ3) is 4.06. The van der Waals surface area contributed by atoms with Crippen molar-refractivity contribution in [3.63, 3.8) is 0 Å². The van der Waals surface area contributed by atoms with Crippen LogP contribution in [0, 0.1) is 0 Å². The van der Waals surface area contributed by atoms with Crippen molar-refractivity contribution < 1.29 is 23.9 Å². The van der Waals surface area contributed by atoms with E-state index in [1.807, 2.05) is 0 Å². The van der Waals surface area contributed by atoms with Gasteiger partial charge in [-0.25, -0.2) is 0 Å². The number of carbonyl (C=O) groups excluding carboxylic acids is 4. The molecule has 2 N–H and O–H groups in total. The fourth-order valence-corrected chi connectivity index (χ4v) is 3.37. The van der Waals surface area contributed by atoms with E-state index in [2.05, 4.69) is 10.6 Å². The molecule has 1 heterocycles. The van der Waals surface area contributed by atoms with Crippen LogP contribution in [-0.4, -0.2) is 42.2 Å². The maximum atomic E-state index is 12.5. The first-order chi connectivity index (χ1) is 15.5. The fraction of sp³-hybridized carbons (Fsp3) is 0.0833. The summed E-state index contributed by atoms with van der Waals surface area (Å²) >= 11 is 0. The van der Waals surface area contributed by atoms with Crippen LogP contribution in [0.25, 0.3) is 0 Å². The van der Waals surface area contributed by atoms with Gasteiger partial charge >= 0.3 is 0 Å². The van der Waals surface area contributed by atoms with E-state index in [9.17, 15) is 19.2 Å². The van der Waals surface area contributed by atoms with Gasteiger partial charge in [0, 0.05) is 11.3 Å². The molecule has 0 bridgehead atoms. The maximum Gasteiger partial charge on any atom is 0.262 e. The summed E-state index contributed by atoms with van der Waals surface area (Å²) in [6.45, 7) is -0.400. The number of fused-ring (bicyclic) bond motifs is 1. The smallest absolute Gasteiger partial charge is 0.262 e. The summed E-state index contributed by atoms with van der Waals surface area (Å²) in [5.74, 6) is -1.31. The predicted molar refractivity (Wildman–Crippen MR) is 118 cm³/mol. The first kappa shape index (κ1) is 20.8. The quantitative estimate of drug-likeness (QED) is 0.586. The van der Waals surface area contributed by atoms with Crippen LogP contribution >= 0.6 is 0 Å². The van der Waals surface area contributed by atoms with E-state index in [1.54, 1.807) is 72.8 Å². The van der Waals surface area contributed by atoms with Crippen LogP contribution in [-0.2, 0) is 4.79 Å². The number of amides is 4. The number of para-hydroxylation sites is 2. The van der Waals surface area contributed by atoms with Crippen LogP contribution in [0.5, 0.6) is 5.75 Å². The standard InChI is InChI=1S/C24H19N3O5/c1-32-20-9-5-4-8-19(20)26-22(29)15-10-12-16(13-11-15)25-21(28)14-27-23(30)17-6-2-3-7-18(17)24(27)31/h2-13H,14H2,1H3,(H,25,28)(H,26,29). The molecular formula is C24H19N3O5. The minimum Gasteiger partial charge on any atom is -0.495 e. The number of hydrogen-bond donors (Lipinski definition) is 2. The molecule has 0 atom stereocenters. The molecule has 0 unspecified atom stereocenters. The second-order valence-electron chi connectivity index (χ2n) is 7.02. The molecule has 4 rings (SSSR count). The van der Waals surface area contributed by atoms with Crippen LogP contribution < -0.4 is 15.4 Å². The zero-order valence-electron chi connectivity index (χ0n) is 17.1. The normalized spacial score (nSPS) is 12.3. The lowest BCUT2D eigenvalue weighted by Gasteiger charge is -2.14.